The fourth-order valence-corrected chi connectivity index (χ4v) is 1.86. The Kier molecular flexibility index (Phi) is 2.08. The minimum Gasteiger partial charge on any atom is -0.399 e. The molecule has 3 aromatic rings. The van der Waals surface area contributed by atoms with Crippen LogP contribution in [-0.2, 0) is 0 Å². The van der Waals surface area contributed by atoms with E-state index in [0.717, 1.165) is 16.7 Å². The molecule has 0 aliphatic carbocycles. The molecule has 0 saturated heterocycles. The second-order valence-corrected chi connectivity index (χ2v) is 3.84. The van der Waals surface area contributed by atoms with Gasteiger partial charge in [0, 0.05) is 5.69 Å². The predicted molar refractivity (Wildman–Crippen MR) is 65.4 cm³/mol. The van der Waals surface area contributed by atoms with Gasteiger partial charge in [0.1, 0.15) is 12.1 Å². The molecular weight excluding hydrogens is 217 g/mol. The molecule has 1 heterocycles. The molecule has 0 saturated carbocycles. The molecular formula is C13H10FN3. The van der Waals surface area contributed by atoms with Crippen LogP contribution in [0.25, 0.3) is 16.7 Å². The van der Waals surface area contributed by atoms with Gasteiger partial charge >= 0.3 is 0 Å². The van der Waals surface area contributed by atoms with Crippen molar-refractivity contribution in [1.29, 1.82) is 0 Å². The highest BCUT2D eigenvalue weighted by Crippen LogP contribution is 2.20. The Morgan fingerprint density at radius 3 is 2.82 bits per heavy atom. The Balaban J connectivity index is 2.24. The molecule has 1 aromatic heterocycles. The Labute approximate surface area is 97.3 Å². The quantitative estimate of drug-likeness (QED) is 0.649. The molecule has 0 aliphatic rings. The Morgan fingerprint density at radius 1 is 1.12 bits per heavy atom. The molecule has 84 valence electrons. The number of nitrogens with two attached hydrogens (primary N) is 1. The van der Waals surface area contributed by atoms with Crippen molar-refractivity contribution in [1.82, 2.24) is 9.55 Å². The highest BCUT2D eigenvalue weighted by atomic mass is 19.1. The molecule has 2 N–H and O–H groups in total. The standard InChI is InChI=1S/C13H10FN3/c14-9-2-1-3-11(6-9)17-8-16-12-7-10(15)4-5-13(12)17/h1-8H,15H2. The smallest absolute Gasteiger partial charge is 0.125 e. The summed E-state index contributed by atoms with van der Waals surface area (Å²) in [6, 6.07) is 11.9. The third kappa shape index (κ3) is 1.63. The van der Waals surface area contributed by atoms with Crippen molar-refractivity contribution in [3.8, 4) is 5.69 Å². The minimum absolute atomic E-state index is 0.264. The molecule has 2 aromatic carbocycles. The molecule has 17 heavy (non-hydrogen) atoms. The Bertz CT molecular complexity index is 688. The first-order valence-corrected chi connectivity index (χ1v) is 5.22. The number of nitrogen functional groups attached to an aromatic ring is 1. The van der Waals surface area contributed by atoms with Gasteiger partial charge in [-0.25, -0.2) is 9.37 Å². The van der Waals surface area contributed by atoms with E-state index in [2.05, 4.69) is 4.98 Å². The molecule has 0 bridgehead atoms. The van der Waals surface area contributed by atoms with Crippen molar-refractivity contribution in [2.45, 2.75) is 0 Å². The zero-order chi connectivity index (χ0) is 11.8. The van der Waals surface area contributed by atoms with Gasteiger partial charge in [-0.3, -0.25) is 4.57 Å². The third-order valence-electron chi connectivity index (χ3n) is 2.66. The Morgan fingerprint density at radius 2 is 2.00 bits per heavy atom. The maximum Gasteiger partial charge on any atom is 0.125 e. The second-order valence-electron chi connectivity index (χ2n) is 3.84. The number of fused-ring (bicyclic) bond motifs is 1. The molecule has 0 aliphatic heterocycles. The number of imidazole rings is 1. The van der Waals surface area contributed by atoms with Gasteiger partial charge in [0.05, 0.1) is 16.7 Å². The van der Waals surface area contributed by atoms with Gasteiger partial charge in [-0.15, -0.1) is 0 Å². The lowest BCUT2D eigenvalue weighted by molar-refractivity contribution is 0.627. The van der Waals surface area contributed by atoms with Gasteiger partial charge in [0.2, 0.25) is 0 Å². The zero-order valence-electron chi connectivity index (χ0n) is 8.97. The van der Waals surface area contributed by atoms with E-state index in [1.165, 1.54) is 12.1 Å². The number of anilines is 1. The molecule has 0 amide bonds. The van der Waals surface area contributed by atoms with Gasteiger partial charge in [-0.2, -0.15) is 0 Å². The van der Waals surface area contributed by atoms with Crippen LogP contribution in [0.5, 0.6) is 0 Å². The topological polar surface area (TPSA) is 43.8 Å². The predicted octanol–water partition coefficient (Wildman–Crippen LogP) is 2.75. The van der Waals surface area contributed by atoms with Crippen LogP contribution in [0.4, 0.5) is 10.1 Å². The van der Waals surface area contributed by atoms with Gasteiger partial charge in [0.15, 0.2) is 0 Å². The lowest BCUT2D eigenvalue weighted by atomic mass is 10.2. The summed E-state index contributed by atoms with van der Waals surface area (Å²) >= 11 is 0. The fraction of sp³-hybridized carbons (Fsp3) is 0. The first-order valence-electron chi connectivity index (χ1n) is 5.22. The summed E-state index contributed by atoms with van der Waals surface area (Å²) in [6.07, 6.45) is 1.67. The summed E-state index contributed by atoms with van der Waals surface area (Å²) in [7, 11) is 0. The van der Waals surface area contributed by atoms with Crippen LogP contribution in [0.15, 0.2) is 48.8 Å². The van der Waals surface area contributed by atoms with Crippen LogP contribution < -0.4 is 5.73 Å². The van der Waals surface area contributed by atoms with E-state index in [1.54, 1.807) is 24.5 Å². The SMILES string of the molecule is Nc1ccc2c(c1)ncn2-c1cccc(F)c1. The average Bonchev–Trinajstić information content (AvgIpc) is 2.71. The van der Waals surface area contributed by atoms with Crippen LogP contribution in [-0.4, -0.2) is 9.55 Å². The van der Waals surface area contributed by atoms with Crippen LogP contribution in [0, 0.1) is 5.82 Å². The number of hydrogen-bond donors (Lipinski definition) is 1. The van der Waals surface area contributed by atoms with E-state index < -0.39 is 0 Å². The molecule has 4 heteroatoms. The van der Waals surface area contributed by atoms with E-state index in [0.29, 0.717) is 5.69 Å². The first kappa shape index (κ1) is 9.84. The molecule has 3 rings (SSSR count). The molecule has 0 atom stereocenters. The molecule has 0 radical (unpaired) electrons. The van der Waals surface area contributed by atoms with Crippen molar-refractivity contribution in [3.05, 3.63) is 54.6 Å². The molecule has 0 spiro atoms. The number of aromatic nitrogens is 2. The van der Waals surface area contributed by atoms with E-state index >= 15 is 0 Å². The number of hydrogen-bond acceptors (Lipinski definition) is 2. The van der Waals surface area contributed by atoms with Gasteiger partial charge in [0.25, 0.3) is 0 Å². The summed E-state index contributed by atoms with van der Waals surface area (Å²) in [5.74, 6) is -0.264. The number of benzene rings is 2. The van der Waals surface area contributed by atoms with Gasteiger partial charge < -0.3 is 5.73 Å². The number of rotatable bonds is 1. The maximum atomic E-state index is 13.2. The monoisotopic (exact) mass is 227 g/mol. The van der Waals surface area contributed by atoms with Crippen molar-refractivity contribution < 1.29 is 4.39 Å². The van der Waals surface area contributed by atoms with Crippen LogP contribution >= 0.6 is 0 Å². The summed E-state index contributed by atoms with van der Waals surface area (Å²) < 4.78 is 15.0. The first-order chi connectivity index (χ1) is 8.24. The van der Waals surface area contributed by atoms with Crippen molar-refractivity contribution in [2.75, 3.05) is 5.73 Å². The molecule has 3 nitrogen and oxygen atoms in total. The van der Waals surface area contributed by atoms with Crippen LogP contribution in [0.3, 0.4) is 0 Å². The normalized spacial score (nSPS) is 10.9. The highest BCUT2D eigenvalue weighted by Gasteiger charge is 2.05. The van der Waals surface area contributed by atoms with E-state index in [9.17, 15) is 4.39 Å². The summed E-state index contributed by atoms with van der Waals surface area (Å²) in [4.78, 5) is 4.25. The summed E-state index contributed by atoms with van der Waals surface area (Å²) in [5.41, 5.74) is 8.81. The average molecular weight is 227 g/mol. The van der Waals surface area contributed by atoms with Crippen LogP contribution in [0.1, 0.15) is 0 Å². The maximum absolute atomic E-state index is 13.2. The van der Waals surface area contributed by atoms with E-state index in [1.807, 2.05) is 16.7 Å². The fourth-order valence-electron chi connectivity index (χ4n) is 1.86. The largest absolute Gasteiger partial charge is 0.399 e. The van der Waals surface area contributed by atoms with E-state index in [4.69, 9.17) is 5.73 Å². The lowest BCUT2D eigenvalue weighted by Crippen LogP contribution is -1.92. The zero-order valence-corrected chi connectivity index (χ0v) is 8.97. The summed E-state index contributed by atoms with van der Waals surface area (Å²) in [5, 5.41) is 0. The number of halogens is 1. The van der Waals surface area contributed by atoms with Crippen molar-refractivity contribution >= 4 is 16.7 Å². The highest BCUT2D eigenvalue weighted by molar-refractivity contribution is 5.80. The van der Waals surface area contributed by atoms with Crippen molar-refractivity contribution in [2.24, 2.45) is 0 Å². The number of nitrogens with zero attached hydrogens (tertiary/aromatic N) is 2. The third-order valence-corrected chi connectivity index (χ3v) is 2.66. The van der Waals surface area contributed by atoms with Gasteiger partial charge in [-0.05, 0) is 36.4 Å². The second kappa shape index (κ2) is 3.59. The lowest BCUT2D eigenvalue weighted by Gasteiger charge is -2.04. The van der Waals surface area contributed by atoms with E-state index in [-0.39, 0.29) is 5.82 Å². The van der Waals surface area contributed by atoms with Gasteiger partial charge in [-0.1, -0.05) is 6.07 Å². The minimum atomic E-state index is -0.264. The van der Waals surface area contributed by atoms with Crippen LogP contribution in [0.2, 0.25) is 0 Å². The summed E-state index contributed by atoms with van der Waals surface area (Å²) in [6.45, 7) is 0. The van der Waals surface area contributed by atoms with Crippen molar-refractivity contribution in [3.63, 3.8) is 0 Å². The Hall–Kier alpha value is -2.36. The molecule has 0 fully saturated rings. The molecule has 0 unspecified atom stereocenters.